The lowest BCUT2D eigenvalue weighted by molar-refractivity contribution is 0.362. The van der Waals surface area contributed by atoms with E-state index < -0.39 is 26.3 Å². The average molecular weight is 309 g/mol. The molecule has 7 heteroatoms. The fraction of sp³-hybridized carbons (Fsp3) is 0.500. The molecule has 0 radical (unpaired) electrons. The number of halogens is 2. The topological polar surface area (TPSA) is 72.2 Å². The fourth-order valence-electron chi connectivity index (χ4n) is 1.75. The van der Waals surface area contributed by atoms with Crippen LogP contribution in [0.2, 0.25) is 5.02 Å². The van der Waals surface area contributed by atoms with Crippen LogP contribution in [0.1, 0.15) is 26.7 Å². The highest BCUT2D eigenvalue weighted by molar-refractivity contribution is 7.89. The summed E-state index contributed by atoms with van der Waals surface area (Å²) in [7, 11) is -4.00. The second-order valence-corrected chi connectivity index (χ2v) is 6.46. The molecule has 0 aliphatic carbocycles. The first kappa shape index (κ1) is 16.4. The number of hydrogen-bond acceptors (Lipinski definition) is 3. The van der Waals surface area contributed by atoms with Crippen LogP contribution in [-0.2, 0) is 10.0 Å². The Labute approximate surface area is 118 Å². The van der Waals surface area contributed by atoms with E-state index in [0.717, 1.165) is 12.1 Å². The smallest absolute Gasteiger partial charge is 0.244 e. The molecule has 0 aliphatic rings. The van der Waals surface area contributed by atoms with E-state index in [1.165, 1.54) is 6.07 Å². The van der Waals surface area contributed by atoms with Crippen LogP contribution in [0.3, 0.4) is 0 Å². The van der Waals surface area contributed by atoms with Crippen LogP contribution in [0.4, 0.5) is 4.39 Å². The lowest BCUT2D eigenvalue weighted by atomic mass is 9.95. The van der Waals surface area contributed by atoms with Gasteiger partial charge in [-0.2, -0.15) is 0 Å². The standard InChI is InChI=1S/C12H18ClFN2O2S/c1-3-12(4-2,8-15)16-19(17,18)11-7-9(13)5-6-10(11)14/h5-7,16H,3-4,8,15H2,1-2H3. The highest BCUT2D eigenvalue weighted by atomic mass is 35.5. The maximum Gasteiger partial charge on any atom is 0.244 e. The normalized spacial score (nSPS) is 12.7. The van der Waals surface area contributed by atoms with Crippen molar-refractivity contribution in [2.45, 2.75) is 37.1 Å². The summed E-state index contributed by atoms with van der Waals surface area (Å²) >= 11 is 5.71. The molecule has 0 amide bonds. The van der Waals surface area contributed by atoms with Crippen LogP contribution in [0.5, 0.6) is 0 Å². The van der Waals surface area contributed by atoms with Crippen LogP contribution in [0.15, 0.2) is 23.1 Å². The molecule has 4 nitrogen and oxygen atoms in total. The molecule has 108 valence electrons. The molecule has 19 heavy (non-hydrogen) atoms. The molecule has 0 bridgehead atoms. The van der Waals surface area contributed by atoms with Gasteiger partial charge in [-0.15, -0.1) is 0 Å². The molecule has 0 atom stereocenters. The van der Waals surface area contributed by atoms with Gasteiger partial charge in [0.1, 0.15) is 10.7 Å². The minimum atomic E-state index is -4.00. The molecule has 1 rings (SSSR count). The van der Waals surface area contributed by atoms with Crippen LogP contribution in [0, 0.1) is 5.82 Å². The molecule has 3 N–H and O–H groups in total. The second-order valence-electron chi connectivity index (χ2n) is 4.37. The van der Waals surface area contributed by atoms with E-state index in [2.05, 4.69) is 4.72 Å². The maximum atomic E-state index is 13.6. The third kappa shape index (κ3) is 3.66. The van der Waals surface area contributed by atoms with Crippen LogP contribution in [-0.4, -0.2) is 20.5 Å². The van der Waals surface area contributed by atoms with Crippen molar-refractivity contribution in [3.8, 4) is 0 Å². The van der Waals surface area contributed by atoms with Crippen LogP contribution in [0.25, 0.3) is 0 Å². The van der Waals surface area contributed by atoms with Crippen molar-refractivity contribution < 1.29 is 12.8 Å². The van der Waals surface area contributed by atoms with Crippen molar-refractivity contribution in [2.24, 2.45) is 5.73 Å². The molecule has 0 aliphatic heterocycles. The van der Waals surface area contributed by atoms with Crippen molar-refractivity contribution in [1.29, 1.82) is 0 Å². The number of nitrogens with one attached hydrogen (secondary N) is 1. The Balaban J connectivity index is 3.21. The number of hydrogen-bond donors (Lipinski definition) is 2. The van der Waals surface area contributed by atoms with E-state index in [1.54, 1.807) is 0 Å². The van der Waals surface area contributed by atoms with Gasteiger partial charge in [-0.25, -0.2) is 17.5 Å². The van der Waals surface area contributed by atoms with Gasteiger partial charge in [0.2, 0.25) is 10.0 Å². The molecule has 0 unspecified atom stereocenters. The summed E-state index contributed by atoms with van der Waals surface area (Å²) in [6.45, 7) is 3.79. The molecule has 0 saturated heterocycles. The van der Waals surface area contributed by atoms with Gasteiger partial charge in [-0.05, 0) is 31.0 Å². The van der Waals surface area contributed by atoms with Gasteiger partial charge >= 0.3 is 0 Å². The lowest BCUT2D eigenvalue weighted by Gasteiger charge is -2.31. The molecule has 1 aromatic rings. The molecule has 0 spiro atoms. The molecular weight excluding hydrogens is 291 g/mol. The van der Waals surface area contributed by atoms with Crippen molar-refractivity contribution in [1.82, 2.24) is 4.72 Å². The Hall–Kier alpha value is -0.690. The molecule has 0 saturated carbocycles. The Morgan fingerprint density at radius 3 is 2.42 bits per heavy atom. The zero-order chi connectivity index (χ0) is 14.7. The summed E-state index contributed by atoms with van der Waals surface area (Å²) in [4.78, 5) is -0.459. The minimum Gasteiger partial charge on any atom is -0.329 e. The summed E-state index contributed by atoms with van der Waals surface area (Å²) in [5.74, 6) is -0.838. The van der Waals surface area contributed by atoms with Crippen LogP contribution >= 0.6 is 11.6 Å². The van der Waals surface area contributed by atoms with Crippen molar-refractivity contribution >= 4 is 21.6 Å². The van der Waals surface area contributed by atoms with Gasteiger partial charge in [0, 0.05) is 17.1 Å². The summed E-state index contributed by atoms with van der Waals surface area (Å²) < 4.78 is 40.6. The SMILES string of the molecule is CCC(CC)(CN)NS(=O)(=O)c1cc(Cl)ccc1F. The van der Waals surface area contributed by atoms with E-state index in [-0.39, 0.29) is 11.6 Å². The summed E-state index contributed by atoms with van der Waals surface area (Å²) in [6.07, 6.45) is 1.03. The predicted molar refractivity (Wildman–Crippen MR) is 74.1 cm³/mol. The Morgan fingerprint density at radius 2 is 1.95 bits per heavy atom. The maximum absolute atomic E-state index is 13.6. The van der Waals surface area contributed by atoms with E-state index in [1.807, 2.05) is 13.8 Å². The first-order valence-corrected chi connectivity index (χ1v) is 7.85. The zero-order valence-corrected chi connectivity index (χ0v) is 12.5. The highest BCUT2D eigenvalue weighted by Gasteiger charge is 2.32. The third-order valence-electron chi connectivity index (χ3n) is 3.28. The van der Waals surface area contributed by atoms with E-state index in [0.29, 0.717) is 12.8 Å². The van der Waals surface area contributed by atoms with Gasteiger partial charge in [0.15, 0.2) is 0 Å². The Kier molecular flexibility index (Phi) is 5.32. The van der Waals surface area contributed by atoms with Crippen molar-refractivity contribution in [3.05, 3.63) is 29.0 Å². The Morgan fingerprint density at radius 1 is 1.37 bits per heavy atom. The first-order valence-electron chi connectivity index (χ1n) is 5.99. The fourth-order valence-corrected chi connectivity index (χ4v) is 3.64. The van der Waals surface area contributed by atoms with Gasteiger partial charge in [0.25, 0.3) is 0 Å². The largest absolute Gasteiger partial charge is 0.329 e. The number of benzene rings is 1. The first-order chi connectivity index (χ1) is 8.80. The lowest BCUT2D eigenvalue weighted by Crippen LogP contribution is -2.52. The highest BCUT2D eigenvalue weighted by Crippen LogP contribution is 2.23. The molecule has 0 fully saturated rings. The molecular formula is C12H18ClFN2O2S. The summed E-state index contributed by atoms with van der Waals surface area (Å²) in [5.41, 5.74) is 4.87. The zero-order valence-electron chi connectivity index (χ0n) is 10.9. The molecule has 0 heterocycles. The van der Waals surface area contributed by atoms with Gasteiger partial charge in [0.05, 0.1) is 0 Å². The molecule has 1 aromatic carbocycles. The quantitative estimate of drug-likeness (QED) is 0.847. The van der Waals surface area contributed by atoms with Crippen molar-refractivity contribution in [3.63, 3.8) is 0 Å². The summed E-state index contributed by atoms with van der Waals surface area (Å²) in [6, 6.07) is 3.41. The number of nitrogens with two attached hydrogens (primary N) is 1. The second kappa shape index (κ2) is 6.17. The van der Waals surface area contributed by atoms with Gasteiger partial charge in [-0.1, -0.05) is 25.4 Å². The average Bonchev–Trinajstić information content (AvgIpc) is 2.39. The predicted octanol–water partition coefficient (Wildman–Crippen LogP) is 2.27. The van der Waals surface area contributed by atoms with Gasteiger partial charge < -0.3 is 5.73 Å². The van der Waals surface area contributed by atoms with E-state index in [4.69, 9.17) is 17.3 Å². The summed E-state index contributed by atoms with van der Waals surface area (Å²) in [5, 5.41) is 0.160. The monoisotopic (exact) mass is 308 g/mol. The van der Waals surface area contributed by atoms with E-state index >= 15 is 0 Å². The number of sulfonamides is 1. The third-order valence-corrected chi connectivity index (χ3v) is 5.11. The van der Waals surface area contributed by atoms with E-state index in [9.17, 15) is 12.8 Å². The Bertz CT molecular complexity index is 536. The van der Waals surface area contributed by atoms with Crippen molar-refractivity contribution in [2.75, 3.05) is 6.54 Å². The number of rotatable bonds is 6. The minimum absolute atomic E-state index is 0.140. The van der Waals surface area contributed by atoms with Crippen LogP contribution < -0.4 is 10.5 Å². The van der Waals surface area contributed by atoms with Gasteiger partial charge in [-0.3, -0.25) is 0 Å². The molecule has 0 aromatic heterocycles.